The molecule has 1 saturated heterocycles. The van der Waals surface area contributed by atoms with E-state index in [1.54, 1.807) is 24.4 Å². The van der Waals surface area contributed by atoms with Gasteiger partial charge in [0.05, 0.1) is 26.5 Å². The Labute approximate surface area is 201 Å². The number of morpholine rings is 1. The molecule has 2 aromatic carbocycles. The van der Waals surface area contributed by atoms with Crippen LogP contribution in [0, 0.1) is 0 Å². The molecular formula is C23H25N7O5. The minimum absolute atomic E-state index is 0.268. The number of para-hydroxylation sites is 1. The minimum Gasteiger partial charge on any atom is -0.493 e. The fourth-order valence-electron chi connectivity index (χ4n) is 3.21. The Bertz CT molecular complexity index is 1170. The Hall–Kier alpha value is -4.45. The van der Waals surface area contributed by atoms with Crippen molar-refractivity contribution in [3.63, 3.8) is 0 Å². The maximum atomic E-state index is 10.7. The zero-order chi connectivity index (χ0) is 24.5. The number of hydrazone groups is 1. The van der Waals surface area contributed by atoms with Crippen LogP contribution in [0.1, 0.15) is 5.56 Å². The molecule has 0 aliphatic carbocycles. The lowest BCUT2D eigenvalue weighted by atomic mass is 10.2. The largest absolute Gasteiger partial charge is 0.493 e. The Morgan fingerprint density at radius 3 is 2.63 bits per heavy atom. The third-order valence-electron chi connectivity index (χ3n) is 4.86. The predicted molar refractivity (Wildman–Crippen MR) is 130 cm³/mol. The first kappa shape index (κ1) is 23.7. The third kappa shape index (κ3) is 6.77. The molecule has 12 nitrogen and oxygen atoms in total. The molecule has 0 bridgehead atoms. The van der Waals surface area contributed by atoms with Gasteiger partial charge in [-0.2, -0.15) is 20.1 Å². The first-order valence-electron chi connectivity index (χ1n) is 10.8. The molecule has 12 heteroatoms. The molecular weight excluding hydrogens is 454 g/mol. The smallest absolute Gasteiger partial charge is 0.341 e. The average Bonchev–Trinajstić information content (AvgIpc) is 2.88. The molecule has 1 aromatic heterocycles. The van der Waals surface area contributed by atoms with Gasteiger partial charge in [-0.1, -0.05) is 18.2 Å². The molecule has 4 rings (SSSR count). The van der Waals surface area contributed by atoms with Crippen LogP contribution in [0.25, 0.3) is 0 Å². The van der Waals surface area contributed by atoms with Crippen LogP contribution in [-0.2, 0) is 9.53 Å². The molecule has 1 aliphatic rings. The fraction of sp³-hybridized carbons (Fsp3) is 0.261. The van der Waals surface area contributed by atoms with Gasteiger partial charge in [0, 0.05) is 18.8 Å². The van der Waals surface area contributed by atoms with E-state index in [4.69, 9.17) is 19.3 Å². The van der Waals surface area contributed by atoms with Gasteiger partial charge in [0.2, 0.25) is 17.8 Å². The van der Waals surface area contributed by atoms with Crippen LogP contribution in [0.3, 0.4) is 0 Å². The van der Waals surface area contributed by atoms with E-state index in [9.17, 15) is 4.79 Å². The molecule has 0 radical (unpaired) electrons. The van der Waals surface area contributed by atoms with E-state index in [1.807, 2.05) is 35.2 Å². The van der Waals surface area contributed by atoms with Crippen molar-refractivity contribution in [3.8, 4) is 11.5 Å². The van der Waals surface area contributed by atoms with Crippen molar-refractivity contribution in [3.05, 3.63) is 54.1 Å². The number of nitrogens with one attached hydrogen (secondary N) is 2. The number of aromatic nitrogens is 3. The zero-order valence-corrected chi connectivity index (χ0v) is 19.0. The number of hydrogen-bond acceptors (Lipinski definition) is 11. The molecule has 182 valence electrons. The summed E-state index contributed by atoms with van der Waals surface area (Å²) in [5.74, 6) is 0.804. The van der Waals surface area contributed by atoms with Gasteiger partial charge in [0.15, 0.2) is 18.1 Å². The molecule has 0 spiro atoms. The summed E-state index contributed by atoms with van der Waals surface area (Å²) in [5, 5.41) is 16.2. The number of aliphatic carboxylic acids is 1. The minimum atomic E-state index is -1.07. The Balaban J connectivity index is 1.51. The molecule has 1 fully saturated rings. The topological polar surface area (TPSA) is 143 Å². The van der Waals surface area contributed by atoms with E-state index in [-0.39, 0.29) is 5.95 Å². The second-order valence-corrected chi connectivity index (χ2v) is 7.34. The Morgan fingerprint density at radius 1 is 1.11 bits per heavy atom. The summed E-state index contributed by atoms with van der Waals surface area (Å²) in [4.78, 5) is 26.2. The van der Waals surface area contributed by atoms with E-state index in [2.05, 4.69) is 30.8 Å². The molecule has 1 aliphatic heterocycles. The Morgan fingerprint density at radius 2 is 1.89 bits per heavy atom. The maximum absolute atomic E-state index is 10.7. The van der Waals surface area contributed by atoms with Crippen molar-refractivity contribution in [2.75, 3.05) is 55.7 Å². The van der Waals surface area contributed by atoms with E-state index < -0.39 is 12.6 Å². The van der Waals surface area contributed by atoms with Crippen LogP contribution in [0.15, 0.2) is 53.6 Å². The van der Waals surface area contributed by atoms with Crippen molar-refractivity contribution >= 4 is 35.7 Å². The van der Waals surface area contributed by atoms with Crippen LogP contribution in [0.4, 0.5) is 23.5 Å². The van der Waals surface area contributed by atoms with E-state index in [1.165, 1.54) is 7.11 Å². The summed E-state index contributed by atoms with van der Waals surface area (Å²) in [7, 11) is 1.47. The van der Waals surface area contributed by atoms with Gasteiger partial charge in [-0.3, -0.25) is 0 Å². The number of ether oxygens (including phenoxy) is 3. The van der Waals surface area contributed by atoms with Crippen LogP contribution in [0.5, 0.6) is 11.5 Å². The van der Waals surface area contributed by atoms with Crippen LogP contribution in [0.2, 0.25) is 0 Å². The van der Waals surface area contributed by atoms with E-state index >= 15 is 0 Å². The maximum Gasteiger partial charge on any atom is 0.341 e. The number of methoxy groups -OCH3 is 1. The third-order valence-corrected chi connectivity index (χ3v) is 4.86. The van der Waals surface area contributed by atoms with Crippen molar-refractivity contribution in [2.24, 2.45) is 5.10 Å². The number of carboxylic acid groups (broad SMARTS) is 1. The summed E-state index contributed by atoms with van der Waals surface area (Å²) < 4.78 is 15.9. The lowest BCUT2D eigenvalue weighted by molar-refractivity contribution is -0.139. The number of anilines is 4. The number of carboxylic acids is 1. The molecule has 35 heavy (non-hydrogen) atoms. The number of carbonyl (C=O) groups is 1. The molecule has 0 unspecified atom stereocenters. The summed E-state index contributed by atoms with van der Waals surface area (Å²) in [5.41, 5.74) is 4.39. The zero-order valence-electron chi connectivity index (χ0n) is 19.0. The van der Waals surface area contributed by atoms with Crippen molar-refractivity contribution in [1.82, 2.24) is 15.0 Å². The molecule has 3 aromatic rings. The quantitative estimate of drug-likeness (QED) is 0.291. The monoisotopic (exact) mass is 479 g/mol. The highest BCUT2D eigenvalue weighted by Crippen LogP contribution is 2.27. The number of benzene rings is 2. The highest BCUT2D eigenvalue weighted by atomic mass is 16.5. The molecule has 0 saturated carbocycles. The number of hydrogen-bond donors (Lipinski definition) is 3. The Kier molecular flexibility index (Phi) is 7.86. The van der Waals surface area contributed by atoms with Crippen molar-refractivity contribution in [2.45, 2.75) is 0 Å². The summed E-state index contributed by atoms with van der Waals surface area (Å²) >= 11 is 0. The van der Waals surface area contributed by atoms with Gasteiger partial charge >= 0.3 is 5.97 Å². The number of rotatable bonds is 10. The predicted octanol–water partition coefficient (Wildman–Crippen LogP) is 2.37. The number of nitrogens with zero attached hydrogens (tertiary/aromatic N) is 5. The SMILES string of the molecule is COc1cc(/C=N\Nc2nc(Nc3ccccc3)nc(N3CCOCC3)n2)ccc1OCC(=O)O. The van der Waals surface area contributed by atoms with Gasteiger partial charge < -0.3 is 29.5 Å². The molecule has 2 heterocycles. The van der Waals surface area contributed by atoms with Gasteiger partial charge in [-0.15, -0.1) is 0 Å². The van der Waals surface area contributed by atoms with Gasteiger partial charge in [0.1, 0.15) is 0 Å². The molecule has 0 amide bonds. The van der Waals surface area contributed by atoms with Crippen LogP contribution < -0.4 is 25.1 Å². The van der Waals surface area contributed by atoms with E-state index in [0.29, 0.717) is 55.3 Å². The normalized spacial score (nSPS) is 13.5. The molecule has 0 atom stereocenters. The first-order chi connectivity index (χ1) is 17.1. The van der Waals surface area contributed by atoms with Gasteiger partial charge in [-0.25, -0.2) is 10.2 Å². The van der Waals surface area contributed by atoms with Gasteiger partial charge in [-0.05, 0) is 35.9 Å². The van der Waals surface area contributed by atoms with E-state index in [0.717, 1.165) is 5.69 Å². The molecule has 3 N–H and O–H groups in total. The lowest BCUT2D eigenvalue weighted by Gasteiger charge is -2.27. The second-order valence-electron chi connectivity index (χ2n) is 7.34. The first-order valence-corrected chi connectivity index (χ1v) is 10.8. The lowest BCUT2D eigenvalue weighted by Crippen LogP contribution is -2.37. The average molecular weight is 479 g/mol. The second kappa shape index (κ2) is 11.6. The van der Waals surface area contributed by atoms with Crippen molar-refractivity contribution in [1.29, 1.82) is 0 Å². The summed E-state index contributed by atoms with van der Waals surface area (Å²) in [6.45, 7) is 2.08. The highest BCUT2D eigenvalue weighted by molar-refractivity contribution is 5.81. The van der Waals surface area contributed by atoms with Crippen molar-refractivity contribution < 1.29 is 24.1 Å². The van der Waals surface area contributed by atoms with Crippen LogP contribution >= 0.6 is 0 Å². The standard InChI is InChI=1S/C23H25N7O5/c1-33-19-13-16(7-8-18(19)35-15-20(31)32)14-24-29-22-26-21(25-17-5-3-2-4-6-17)27-23(28-22)30-9-11-34-12-10-30/h2-8,13-14H,9-12,15H2,1H3,(H,31,32)(H2,25,26,27,28,29)/b24-14-. The summed E-state index contributed by atoms with van der Waals surface area (Å²) in [6.07, 6.45) is 1.56. The van der Waals surface area contributed by atoms with Crippen LogP contribution in [-0.4, -0.2) is 72.3 Å². The fourth-order valence-corrected chi connectivity index (χ4v) is 3.21. The summed E-state index contributed by atoms with van der Waals surface area (Å²) in [6, 6.07) is 14.6. The van der Waals surface area contributed by atoms with Gasteiger partial charge in [0.25, 0.3) is 0 Å². The highest BCUT2D eigenvalue weighted by Gasteiger charge is 2.17.